The fraction of sp³-hybridized carbons (Fsp3) is 0.312. The van der Waals surface area contributed by atoms with Crippen LogP contribution in [0, 0.1) is 24.0 Å². The van der Waals surface area contributed by atoms with Crippen LogP contribution in [0.1, 0.15) is 16.7 Å². The first-order valence-corrected chi connectivity index (χ1v) is 7.09. The molecule has 1 atom stereocenters. The highest BCUT2D eigenvalue weighted by molar-refractivity contribution is 5.29. The molecule has 0 spiro atoms. The van der Waals surface area contributed by atoms with Gasteiger partial charge in [-0.1, -0.05) is 23.8 Å². The predicted octanol–water partition coefficient (Wildman–Crippen LogP) is 1.05. The number of hydrogen-bond acceptors (Lipinski definition) is 3. The first-order valence-electron chi connectivity index (χ1n) is 7.09. The van der Waals surface area contributed by atoms with E-state index in [0.717, 1.165) is 11.4 Å². The molecule has 116 valence electrons. The molecule has 2 aromatic rings. The van der Waals surface area contributed by atoms with Crippen molar-refractivity contribution in [2.75, 3.05) is 7.05 Å². The van der Waals surface area contributed by atoms with E-state index in [1.807, 2.05) is 7.05 Å². The normalized spacial score (nSPS) is 12.1. The Kier molecular flexibility index (Phi) is 4.72. The van der Waals surface area contributed by atoms with Gasteiger partial charge >= 0.3 is 0 Å². The molecular formula is C16H20N3O3+. The van der Waals surface area contributed by atoms with Crippen molar-refractivity contribution in [1.82, 2.24) is 4.57 Å². The van der Waals surface area contributed by atoms with Crippen LogP contribution >= 0.6 is 0 Å². The zero-order valence-corrected chi connectivity index (χ0v) is 13.0. The van der Waals surface area contributed by atoms with Gasteiger partial charge in [-0.05, 0) is 19.4 Å². The van der Waals surface area contributed by atoms with Gasteiger partial charge < -0.3 is 4.90 Å². The number of pyridine rings is 1. The Morgan fingerprint density at radius 2 is 1.95 bits per heavy atom. The second-order valence-corrected chi connectivity index (χ2v) is 5.67. The number of nitro groups is 1. The van der Waals surface area contributed by atoms with Gasteiger partial charge in [0.25, 0.3) is 11.2 Å². The first-order chi connectivity index (χ1) is 10.4. The van der Waals surface area contributed by atoms with Crippen molar-refractivity contribution in [2.24, 2.45) is 0 Å². The summed E-state index contributed by atoms with van der Waals surface area (Å²) in [7, 11) is 1.96. The molecule has 0 saturated heterocycles. The van der Waals surface area contributed by atoms with Crippen molar-refractivity contribution in [3.05, 3.63) is 73.7 Å². The third kappa shape index (κ3) is 3.79. The average Bonchev–Trinajstić information content (AvgIpc) is 2.44. The highest BCUT2D eigenvalue weighted by Crippen LogP contribution is 2.09. The van der Waals surface area contributed by atoms with E-state index >= 15 is 0 Å². The second kappa shape index (κ2) is 6.53. The van der Waals surface area contributed by atoms with Gasteiger partial charge in [0.1, 0.15) is 6.54 Å². The van der Waals surface area contributed by atoms with Gasteiger partial charge in [0, 0.05) is 17.7 Å². The lowest BCUT2D eigenvalue weighted by Gasteiger charge is -2.16. The summed E-state index contributed by atoms with van der Waals surface area (Å²) in [6.45, 7) is 5.25. The fourth-order valence-electron chi connectivity index (χ4n) is 2.47. The van der Waals surface area contributed by atoms with Gasteiger partial charge in [-0.25, -0.2) is 0 Å². The minimum Gasteiger partial charge on any atom is -0.316 e. The quantitative estimate of drug-likeness (QED) is 0.663. The highest BCUT2D eigenvalue weighted by Gasteiger charge is 2.12. The Balaban J connectivity index is 2.15. The summed E-state index contributed by atoms with van der Waals surface area (Å²) < 4.78 is 1.39. The zero-order valence-electron chi connectivity index (χ0n) is 13.0. The van der Waals surface area contributed by atoms with Gasteiger partial charge in [0.05, 0.1) is 18.2 Å². The monoisotopic (exact) mass is 302 g/mol. The Labute approximate surface area is 128 Å². The molecular weight excluding hydrogens is 282 g/mol. The van der Waals surface area contributed by atoms with Gasteiger partial charge in [0.15, 0.2) is 6.67 Å². The number of nitrogens with zero attached hydrogens (tertiary/aromatic N) is 2. The fourth-order valence-corrected chi connectivity index (χ4v) is 2.47. The second-order valence-electron chi connectivity index (χ2n) is 5.67. The number of rotatable bonds is 5. The van der Waals surface area contributed by atoms with Gasteiger partial charge in [-0.15, -0.1) is 0 Å². The maximum absolute atomic E-state index is 11.8. The molecule has 0 bridgehead atoms. The summed E-state index contributed by atoms with van der Waals surface area (Å²) in [6.07, 6.45) is 1.30. The largest absolute Gasteiger partial charge is 0.316 e. The molecule has 0 amide bonds. The molecule has 22 heavy (non-hydrogen) atoms. The van der Waals surface area contributed by atoms with Crippen LogP contribution in [-0.2, 0) is 13.2 Å². The highest BCUT2D eigenvalue weighted by atomic mass is 16.6. The molecule has 1 heterocycles. The van der Waals surface area contributed by atoms with Crippen molar-refractivity contribution in [2.45, 2.75) is 27.1 Å². The average molecular weight is 302 g/mol. The van der Waals surface area contributed by atoms with Crippen LogP contribution in [0.2, 0.25) is 0 Å². The molecule has 0 aliphatic rings. The Morgan fingerprint density at radius 1 is 1.23 bits per heavy atom. The summed E-state index contributed by atoms with van der Waals surface area (Å²) in [6, 6.07) is 8.75. The van der Waals surface area contributed by atoms with Gasteiger partial charge in [-0.3, -0.25) is 19.5 Å². The number of benzene rings is 1. The van der Waals surface area contributed by atoms with Gasteiger partial charge in [-0.2, -0.15) is 0 Å². The first kappa shape index (κ1) is 15.9. The smallest absolute Gasteiger partial charge is 0.285 e. The van der Waals surface area contributed by atoms with E-state index in [9.17, 15) is 14.9 Å². The van der Waals surface area contributed by atoms with Crippen molar-refractivity contribution >= 4 is 5.69 Å². The summed E-state index contributed by atoms with van der Waals surface area (Å²) in [5.41, 5.74) is 3.34. The van der Waals surface area contributed by atoms with E-state index < -0.39 is 4.92 Å². The van der Waals surface area contributed by atoms with E-state index in [2.05, 4.69) is 32.0 Å². The number of nitrogens with one attached hydrogen (secondary N) is 1. The molecule has 1 N–H and O–H groups in total. The lowest BCUT2D eigenvalue weighted by Crippen LogP contribution is -3.07. The van der Waals surface area contributed by atoms with E-state index in [4.69, 9.17) is 0 Å². The Hall–Kier alpha value is -2.47. The number of aryl methyl sites for hydroxylation is 2. The van der Waals surface area contributed by atoms with Crippen molar-refractivity contribution in [3.8, 4) is 0 Å². The minimum atomic E-state index is -0.491. The molecule has 6 heteroatoms. The Morgan fingerprint density at radius 3 is 2.59 bits per heavy atom. The van der Waals surface area contributed by atoms with Crippen LogP contribution in [0.15, 0.2) is 41.3 Å². The molecule has 6 nitrogen and oxygen atoms in total. The maximum Gasteiger partial charge on any atom is 0.285 e. The molecule has 0 radical (unpaired) electrons. The molecule has 0 fully saturated rings. The van der Waals surface area contributed by atoms with Crippen LogP contribution in [0.3, 0.4) is 0 Å². The number of aromatic nitrogens is 1. The standard InChI is InChI=1S/C16H19N3O3/c1-12-4-5-14(13(2)8-12)9-17(3)11-18-10-15(19(21)22)6-7-16(18)20/h4-8,10H,9,11H2,1-3H3/p+1. The molecule has 0 aliphatic carbocycles. The van der Waals surface area contributed by atoms with Crippen molar-refractivity contribution in [1.29, 1.82) is 0 Å². The topological polar surface area (TPSA) is 69.6 Å². The van der Waals surface area contributed by atoms with E-state index in [-0.39, 0.29) is 11.2 Å². The number of hydrogen-bond donors (Lipinski definition) is 1. The third-order valence-electron chi connectivity index (χ3n) is 3.61. The van der Waals surface area contributed by atoms with Crippen LogP contribution in [0.25, 0.3) is 0 Å². The molecule has 0 saturated carbocycles. The molecule has 1 aromatic carbocycles. The van der Waals surface area contributed by atoms with E-state index in [1.165, 1.54) is 39.6 Å². The SMILES string of the molecule is Cc1ccc(C[NH+](C)Cn2cc([N+](=O)[O-])ccc2=O)c(C)c1. The van der Waals surface area contributed by atoms with Crippen molar-refractivity contribution < 1.29 is 9.82 Å². The summed E-state index contributed by atoms with van der Waals surface area (Å²) in [5.74, 6) is 0. The summed E-state index contributed by atoms with van der Waals surface area (Å²) in [4.78, 5) is 23.2. The van der Waals surface area contributed by atoms with Crippen molar-refractivity contribution in [3.63, 3.8) is 0 Å². The molecule has 1 unspecified atom stereocenters. The summed E-state index contributed by atoms with van der Waals surface area (Å²) in [5, 5.41) is 10.8. The zero-order chi connectivity index (χ0) is 16.3. The minimum absolute atomic E-state index is 0.0704. The lowest BCUT2D eigenvalue weighted by atomic mass is 10.1. The molecule has 1 aromatic heterocycles. The van der Waals surface area contributed by atoms with E-state index in [1.54, 1.807) is 0 Å². The van der Waals surface area contributed by atoms with E-state index in [0.29, 0.717) is 6.67 Å². The lowest BCUT2D eigenvalue weighted by molar-refractivity contribution is -0.917. The van der Waals surface area contributed by atoms with Crippen LogP contribution < -0.4 is 10.5 Å². The van der Waals surface area contributed by atoms with Crippen LogP contribution in [0.4, 0.5) is 5.69 Å². The molecule has 0 aliphatic heterocycles. The van der Waals surface area contributed by atoms with Crippen LogP contribution in [0.5, 0.6) is 0 Å². The predicted molar refractivity (Wildman–Crippen MR) is 83.9 cm³/mol. The summed E-state index contributed by atoms with van der Waals surface area (Å²) >= 11 is 0. The van der Waals surface area contributed by atoms with Gasteiger partial charge in [0.2, 0.25) is 0 Å². The Bertz CT molecular complexity index is 753. The molecule has 2 rings (SSSR count). The maximum atomic E-state index is 11.8. The van der Waals surface area contributed by atoms with Crippen LogP contribution in [-0.4, -0.2) is 16.5 Å². The number of quaternary nitrogens is 1. The third-order valence-corrected chi connectivity index (χ3v) is 3.61.